The van der Waals surface area contributed by atoms with Gasteiger partial charge in [-0.1, -0.05) is 6.92 Å². The highest BCUT2D eigenvalue weighted by molar-refractivity contribution is 7.11. The largest absolute Gasteiger partial charge is 0.381 e. The number of thiazole rings is 1. The molecule has 1 aliphatic heterocycles. The first-order valence-electron chi connectivity index (χ1n) is 6.75. The van der Waals surface area contributed by atoms with Crippen molar-refractivity contribution in [1.29, 1.82) is 0 Å². The summed E-state index contributed by atoms with van der Waals surface area (Å²) in [5.74, 6) is 0. The predicted molar refractivity (Wildman–Crippen MR) is 76.2 cm³/mol. The van der Waals surface area contributed by atoms with Crippen molar-refractivity contribution in [1.82, 2.24) is 10.3 Å². The maximum Gasteiger partial charge on any atom is 0.0900 e. The van der Waals surface area contributed by atoms with Gasteiger partial charge in [-0.05, 0) is 39.0 Å². The van der Waals surface area contributed by atoms with Crippen molar-refractivity contribution in [2.24, 2.45) is 5.41 Å². The highest BCUT2D eigenvalue weighted by Gasteiger charge is 2.28. The minimum atomic E-state index is 0.342. The summed E-state index contributed by atoms with van der Waals surface area (Å²) < 4.78 is 5.44. The molecule has 0 aliphatic carbocycles. The second-order valence-electron chi connectivity index (χ2n) is 5.70. The summed E-state index contributed by atoms with van der Waals surface area (Å²) in [6.07, 6.45) is 2.31. The Morgan fingerprint density at radius 1 is 1.39 bits per heavy atom. The van der Waals surface area contributed by atoms with Crippen LogP contribution in [0.3, 0.4) is 0 Å². The maximum absolute atomic E-state index is 5.44. The molecule has 0 saturated carbocycles. The van der Waals surface area contributed by atoms with E-state index in [1.165, 1.54) is 10.6 Å². The van der Waals surface area contributed by atoms with Crippen LogP contribution in [0.2, 0.25) is 0 Å². The maximum atomic E-state index is 5.44. The van der Waals surface area contributed by atoms with Crippen molar-refractivity contribution in [3.05, 3.63) is 15.6 Å². The van der Waals surface area contributed by atoms with Crippen LogP contribution < -0.4 is 5.32 Å². The Kier molecular flexibility index (Phi) is 4.41. The summed E-state index contributed by atoms with van der Waals surface area (Å²) in [4.78, 5) is 5.97. The van der Waals surface area contributed by atoms with E-state index >= 15 is 0 Å². The molecule has 1 aliphatic rings. The molecule has 102 valence electrons. The molecule has 18 heavy (non-hydrogen) atoms. The summed E-state index contributed by atoms with van der Waals surface area (Å²) in [7, 11) is 0. The average molecular weight is 268 g/mol. The number of ether oxygens (including phenoxy) is 1. The smallest absolute Gasteiger partial charge is 0.0900 e. The Morgan fingerprint density at radius 2 is 2.06 bits per heavy atom. The van der Waals surface area contributed by atoms with Gasteiger partial charge in [0.1, 0.15) is 0 Å². The molecule has 0 amide bonds. The zero-order valence-electron chi connectivity index (χ0n) is 11.9. The van der Waals surface area contributed by atoms with E-state index in [9.17, 15) is 0 Å². The molecule has 1 saturated heterocycles. The molecule has 0 bridgehead atoms. The van der Waals surface area contributed by atoms with Gasteiger partial charge in [0.15, 0.2) is 0 Å². The van der Waals surface area contributed by atoms with Gasteiger partial charge in [-0.3, -0.25) is 0 Å². The number of hydrogen-bond donors (Lipinski definition) is 1. The van der Waals surface area contributed by atoms with Crippen molar-refractivity contribution >= 4 is 11.3 Å². The molecule has 1 aromatic heterocycles. The van der Waals surface area contributed by atoms with Crippen LogP contribution in [0.5, 0.6) is 0 Å². The summed E-state index contributed by atoms with van der Waals surface area (Å²) in [5.41, 5.74) is 1.60. The van der Waals surface area contributed by atoms with E-state index in [-0.39, 0.29) is 0 Å². The zero-order valence-corrected chi connectivity index (χ0v) is 12.7. The van der Waals surface area contributed by atoms with Crippen LogP contribution in [0, 0.1) is 19.3 Å². The number of aromatic nitrogens is 1. The van der Waals surface area contributed by atoms with E-state index in [1.54, 1.807) is 11.3 Å². The summed E-state index contributed by atoms with van der Waals surface area (Å²) >= 11 is 1.79. The Hall–Kier alpha value is -0.450. The van der Waals surface area contributed by atoms with Crippen molar-refractivity contribution in [2.45, 2.75) is 46.6 Å². The van der Waals surface area contributed by atoms with Crippen LogP contribution in [0.25, 0.3) is 0 Å². The lowest BCUT2D eigenvalue weighted by Crippen LogP contribution is -2.37. The fraction of sp³-hybridized carbons (Fsp3) is 0.786. The number of nitrogens with zero attached hydrogens (tertiary/aromatic N) is 1. The Bertz CT molecular complexity index is 396. The molecular formula is C14H24N2OS. The Morgan fingerprint density at radius 3 is 2.61 bits per heavy atom. The van der Waals surface area contributed by atoms with E-state index in [1.807, 2.05) is 0 Å². The summed E-state index contributed by atoms with van der Waals surface area (Å²) in [5, 5.41) is 4.81. The summed E-state index contributed by atoms with van der Waals surface area (Å²) in [6.45, 7) is 11.7. The van der Waals surface area contributed by atoms with Crippen LogP contribution in [-0.2, 0) is 4.74 Å². The zero-order chi connectivity index (χ0) is 13.2. The lowest BCUT2D eigenvalue weighted by atomic mass is 9.82. The van der Waals surface area contributed by atoms with Crippen LogP contribution in [0.15, 0.2) is 0 Å². The van der Waals surface area contributed by atoms with E-state index in [0.29, 0.717) is 11.5 Å². The van der Waals surface area contributed by atoms with E-state index in [0.717, 1.165) is 37.6 Å². The van der Waals surface area contributed by atoms with E-state index < -0.39 is 0 Å². The summed E-state index contributed by atoms with van der Waals surface area (Å²) in [6, 6.07) is 0.342. The van der Waals surface area contributed by atoms with Crippen molar-refractivity contribution in [3.63, 3.8) is 0 Å². The number of nitrogens with one attached hydrogen (secondary N) is 1. The monoisotopic (exact) mass is 268 g/mol. The van der Waals surface area contributed by atoms with Gasteiger partial charge >= 0.3 is 0 Å². The normalized spacial score (nSPS) is 20.9. The van der Waals surface area contributed by atoms with Gasteiger partial charge in [0.25, 0.3) is 0 Å². The highest BCUT2D eigenvalue weighted by atomic mass is 32.1. The molecular weight excluding hydrogens is 244 g/mol. The minimum absolute atomic E-state index is 0.342. The lowest BCUT2D eigenvalue weighted by Gasteiger charge is -2.34. The molecule has 3 nitrogen and oxygen atoms in total. The first-order valence-corrected chi connectivity index (χ1v) is 7.57. The molecule has 4 heteroatoms. The molecule has 1 aromatic rings. The second-order valence-corrected chi connectivity index (χ2v) is 7.11. The number of hydrogen-bond acceptors (Lipinski definition) is 4. The van der Waals surface area contributed by atoms with Gasteiger partial charge in [-0.25, -0.2) is 4.98 Å². The standard InChI is InChI=1S/C14H24N2OS/c1-10(13-11(2)18-12(3)16-13)15-9-14(4)5-7-17-8-6-14/h10,15H,5-9H2,1-4H3. The molecule has 1 unspecified atom stereocenters. The first kappa shape index (κ1) is 14.0. The van der Waals surface area contributed by atoms with Gasteiger partial charge in [-0.2, -0.15) is 0 Å². The molecule has 0 spiro atoms. The average Bonchev–Trinajstić information content (AvgIpc) is 2.67. The fourth-order valence-electron chi connectivity index (χ4n) is 2.48. The third-order valence-electron chi connectivity index (χ3n) is 3.88. The van der Waals surface area contributed by atoms with Crippen molar-refractivity contribution in [2.75, 3.05) is 19.8 Å². The minimum Gasteiger partial charge on any atom is -0.381 e. The number of rotatable bonds is 4. The van der Waals surface area contributed by atoms with Crippen LogP contribution >= 0.6 is 11.3 Å². The van der Waals surface area contributed by atoms with Gasteiger partial charge in [0.2, 0.25) is 0 Å². The predicted octanol–water partition coefficient (Wildman–Crippen LogP) is 3.23. The van der Waals surface area contributed by atoms with Crippen molar-refractivity contribution in [3.8, 4) is 0 Å². The van der Waals surface area contributed by atoms with Gasteiger partial charge in [0, 0.05) is 30.7 Å². The second kappa shape index (κ2) is 5.68. The molecule has 1 N–H and O–H groups in total. The molecule has 0 aromatic carbocycles. The fourth-order valence-corrected chi connectivity index (χ4v) is 3.40. The third kappa shape index (κ3) is 3.31. The van der Waals surface area contributed by atoms with Gasteiger partial charge in [-0.15, -0.1) is 11.3 Å². The molecule has 0 radical (unpaired) electrons. The first-order chi connectivity index (χ1) is 8.50. The molecule has 2 heterocycles. The van der Waals surface area contributed by atoms with Crippen LogP contribution in [0.1, 0.15) is 48.3 Å². The molecule has 1 fully saturated rings. The quantitative estimate of drug-likeness (QED) is 0.910. The lowest BCUT2D eigenvalue weighted by molar-refractivity contribution is 0.0230. The molecule has 1 atom stereocenters. The topological polar surface area (TPSA) is 34.2 Å². The van der Waals surface area contributed by atoms with Gasteiger partial charge in [0.05, 0.1) is 10.7 Å². The van der Waals surface area contributed by atoms with E-state index in [4.69, 9.17) is 4.74 Å². The molecule has 2 rings (SSSR count). The Balaban J connectivity index is 1.91. The van der Waals surface area contributed by atoms with E-state index in [2.05, 4.69) is 38.0 Å². The SMILES string of the molecule is Cc1nc(C(C)NCC2(C)CCOCC2)c(C)s1. The van der Waals surface area contributed by atoms with Crippen LogP contribution in [0.4, 0.5) is 0 Å². The number of aryl methyl sites for hydroxylation is 2. The van der Waals surface area contributed by atoms with Crippen molar-refractivity contribution < 1.29 is 4.74 Å². The van der Waals surface area contributed by atoms with Gasteiger partial charge < -0.3 is 10.1 Å². The van der Waals surface area contributed by atoms with Crippen LogP contribution in [-0.4, -0.2) is 24.7 Å². The Labute approximate surface area is 114 Å². The highest BCUT2D eigenvalue weighted by Crippen LogP contribution is 2.30. The third-order valence-corrected chi connectivity index (χ3v) is 4.79.